The number of amides is 1. The molecular formula is C17H13F3N2OS. The Bertz CT molecular complexity index is 813. The first-order valence-corrected chi connectivity index (χ1v) is 7.77. The van der Waals surface area contributed by atoms with E-state index in [1.807, 2.05) is 12.3 Å². The van der Waals surface area contributed by atoms with Crippen molar-refractivity contribution in [1.82, 2.24) is 10.3 Å². The van der Waals surface area contributed by atoms with Crippen LogP contribution in [-0.2, 0) is 11.0 Å². The molecule has 0 saturated carbocycles. The van der Waals surface area contributed by atoms with Crippen LogP contribution < -0.4 is 5.32 Å². The van der Waals surface area contributed by atoms with Gasteiger partial charge in [0.25, 0.3) is 0 Å². The summed E-state index contributed by atoms with van der Waals surface area (Å²) in [7, 11) is 0. The molecule has 0 aliphatic rings. The second-order valence-electron chi connectivity index (χ2n) is 4.72. The Morgan fingerprint density at radius 2 is 2.21 bits per heavy atom. The van der Waals surface area contributed by atoms with E-state index in [1.165, 1.54) is 29.5 Å². The van der Waals surface area contributed by atoms with Gasteiger partial charge < -0.3 is 5.32 Å². The van der Waals surface area contributed by atoms with E-state index in [-0.39, 0.29) is 18.0 Å². The molecule has 124 valence electrons. The molecule has 0 radical (unpaired) electrons. The molecule has 0 spiro atoms. The van der Waals surface area contributed by atoms with Gasteiger partial charge in [-0.3, -0.25) is 4.79 Å². The predicted molar refractivity (Wildman–Crippen MR) is 87.2 cm³/mol. The number of rotatable bonds is 3. The first kappa shape index (κ1) is 17.8. The lowest BCUT2D eigenvalue weighted by Crippen LogP contribution is -2.20. The molecule has 0 saturated heterocycles. The molecule has 2 aromatic rings. The molecule has 1 heterocycles. The van der Waals surface area contributed by atoms with Crippen LogP contribution in [0.1, 0.15) is 21.8 Å². The first-order valence-electron chi connectivity index (χ1n) is 6.89. The number of benzene rings is 1. The van der Waals surface area contributed by atoms with Crippen LogP contribution in [0.4, 0.5) is 13.2 Å². The van der Waals surface area contributed by atoms with Gasteiger partial charge in [0, 0.05) is 17.0 Å². The maximum Gasteiger partial charge on any atom is 0.416 e. The monoisotopic (exact) mass is 350 g/mol. The van der Waals surface area contributed by atoms with E-state index in [1.54, 1.807) is 6.08 Å². The average Bonchev–Trinajstić information content (AvgIpc) is 2.95. The lowest BCUT2D eigenvalue weighted by molar-refractivity contribution is -0.137. The Balaban J connectivity index is 1.87. The van der Waals surface area contributed by atoms with Gasteiger partial charge in [-0.05, 0) is 31.2 Å². The molecule has 2 rings (SSSR count). The third-order valence-electron chi connectivity index (χ3n) is 2.82. The van der Waals surface area contributed by atoms with Crippen molar-refractivity contribution in [3.63, 3.8) is 0 Å². The van der Waals surface area contributed by atoms with Gasteiger partial charge in [-0.2, -0.15) is 13.2 Å². The van der Waals surface area contributed by atoms with Gasteiger partial charge in [-0.25, -0.2) is 4.98 Å². The number of hydrogen-bond acceptors (Lipinski definition) is 3. The number of nitrogens with zero attached hydrogens (tertiary/aromatic N) is 1. The number of nitrogens with one attached hydrogen (secondary N) is 1. The number of alkyl halides is 3. The number of hydrogen-bond donors (Lipinski definition) is 1. The Labute approximate surface area is 141 Å². The second-order valence-corrected chi connectivity index (χ2v) is 5.79. The predicted octanol–water partition coefficient (Wildman–Crippen LogP) is 3.65. The van der Waals surface area contributed by atoms with Crippen LogP contribution in [0.2, 0.25) is 0 Å². The number of carbonyl (C=O) groups excluding carboxylic acids is 1. The van der Waals surface area contributed by atoms with Crippen LogP contribution in [-0.4, -0.2) is 17.4 Å². The minimum Gasteiger partial charge on any atom is -0.342 e. The van der Waals surface area contributed by atoms with Gasteiger partial charge in [-0.1, -0.05) is 17.9 Å². The summed E-state index contributed by atoms with van der Waals surface area (Å²) in [5.41, 5.74) is 0.190. The molecule has 24 heavy (non-hydrogen) atoms. The van der Waals surface area contributed by atoms with E-state index in [9.17, 15) is 18.0 Å². The number of carbonyl (C=O) groups is 1. The number of halogens is 3. The molecule has 7 heteroatoms. The summed E-state index contributed by atoms with van der Waals surface area (Å²) < 4.78 is 37.7. The Hall–Kier alpha value is -2.59. The Morgan fingerprint density at radius 3 is 2.88 bits per heavy atom. The van der Waals surface area contributed by atoms with Crippen molar-refractivity contribution in [2.45, 2.75) is 13.1 Å². The summed E-state index contributed by atoms with van der Waals surface area (Å²) in [6, 6.07) is 4.73. The Morgan fingerprint density at radius 1 is 1.42 bits per heavy atom. The fraction of sp³-hybridized carbons (Fsp3) is 0.176. The molecule has 0 atom stereocenters. The molecule has 0 aliphatic carbocycles. The van der Waals surface area contributed by atoms with E-state index in [0.717, 1.165) is 17.1 Å². The zero-order valence-electron chi connectivity index (χ0n) is 12.6. The summed E-state index contributed by atoms with van der Waals surface area (Å²) in [6.07, 6.45) is -1.48. The van der Waals surface area contributed by atoms with E-state index in [2.05, 4.69) is 22.1 Å². The van der Waals surface area contributed by atoms with E-state index < -0.39 is 11.7 Å². The zero-order chi connectivity index (χ0) is 17.6. The molecule has 1 N–H and O–H groups in total. The minimum atomic E-state index is -4.40. The van der Waals surface area contributed by atoms with Crippen LogP contribution in [0.25, 0.3) is 6.08 Å². The van der Waals surface area contributed by atoms with Crippen molar-refractivity contribution in [3.8, 4) is 11.8 Å². The van der Waals surface area contributed by atoms with Crippen LogP contribution >= 0.6 is 11.3 Å². The maximum atomic E-state index is 12.6. The summed E-state index contributed by atoms with van der Waals surface area (Å²) >= 11 is 1.48. The van der Waals surface area contributed by atoms with Crippen molar-refractivity contribution >= 4 is 23.3 Å². The summed E-state index contributed by atoms with van der Waals surface area (Å²) in [5.74, 6) is 4.86. The minimum absolute atomic E-state index is 0.0372. The quantitative estimate of drug-likeness (QED) is 0.678. The fourth-order valence-corrected chi connectivity index (χ4v) is 2.31. The van der Waals surface area contributed by atoms with E-state index >= 15 is 0 Å². The second kappa shape index (κ2) is 7.79. The van der Waals surface area contributed by atoms with Gasteiger partial charge in [0.05, 0.1) is 22.8 Å². The fourth-order valence-electron chi connectivity index (χ4n) is 1.73. The number of thiazole rings is 1. The third-order valence-corrected chi connectivity index (χ3v) is 3.61. The molecule has 3 nitrogen and oxygen atoms in total. The van der Waals surface area contributed by atoms with Crippen molar-refractivity contribution in [2.24, 2.45) is 0 Å². The van der Waals surface area contributed by atoms with Crippen molar-refractivity contribution in [3.05, 3.63) is 57.6 Å². The van der Waals surface area contributed by atoms with Gasteiger partial charge in [0.1, 0.15) is 0 Å². The van der Waals surface area contributed by atoms with Gasteiger partial charge in [0.15, 0.2) is 0 Å². The molecule has 1 aromatic carbocycles. The highest BCUT2D eigenvalue weighted by Crippen LogP contribution is 2.29. The summed E-state index contributed by atoms with van der Waals surface area (Å²) in [5, 5.41) is 5.26. The number of aryl methyl sites for hydroxylation is 1. The molecular weight excluding hydrogens is 337 g/mol. The zero-order valence-corrected chi connectivity index (χ0v) is 13.5. The molecule has 0 unspecified atom stereocenters. The molecule has 1 aromatic heterocycles. The van der Waals surface area contributed by atoms with Gasteiger partial charge in [0.2, 0.25) is 5.91 Å². The van der Waals surface area contributed by atoms with Crippen molar-refractivity contribution in [2.75, 3.05) is 6.54 Å². The SMILES string of the molecule is Cc1nc(/C=C/C(=O)NCC#Cc2cccc(C(F)(F)F)c2)cs1. The molecule has 0 fully saturated rings. The lowest BCUT2D eigenvalue weighted by atomic mass is 10.1. The Kier molecular flexibility index (Phi) is 5.77. The standard InChI is InChI=1S/C17H13F3N2OS/c1-12-22-15(11-24-12)7-8-16(23)21-9-3-5-13-4-2-6-14(10-13)17(18,19)20/h2,4,6-8,10-11H,9H2,1H3,(H,21,23)/b8-7+. The van der Waals surface area contributed by atoms with Crippen LogP contribution in [0.3, 0.4) is 0 Å². The highest BCUT2D eigenvalue weighted by Gasteiger charge is 2.30. The largest absolute Gasteiger partial charge is 0.416 e. The van der Waals surface area contributed by atoms with Crippen LogP contribution in [0.15, 0.2) is 35.7 Å². The number of aromatic nitrogens is 1. The average molecular weight is 350 g/mol. The van der Waals surface area contributed by atoms with Gasteiger partial charge >= 0.3 is 6.18 Å². The summed E-state index contributed by atoms with van der Waals surface area (Å²) in [6.45, 7) is 1.90. The topological polar surface area (TPSA) is 42.0 Å². The molecule has 0 aliphatic heterocycles. The smallest absolute Gasteiger partial charge is 0.342 e. The van der Waals surface area contributed by atoms with E-state index in [0.29, 0.717) is 5.69 Å². The van der Waals surface area contributed by atoms with Crippen LogP contribution in [0, 0.1) is 18.8 Å². The maximum absolute atomic E-state index is 12.6. The van der Waals surface area contributed by atoms with Gasteiger partial charge in [-0.15, -0.1) is 11.3 Å². The van der Waals surface area contributed by atoms with Crippen molar-refractivity contribution < 1.29 is 18.0 Å². The summed E-state index contributed by atoms with van der Waals surface area (Å²) in [4.78, 5) is 15.8. The molecule has 1 amide bonds. The normalized spacial score (nSPS) is 11.2. The third kappa shape index (κ3) is 5.56. The van der Waals surface area contributed by atoms with Crippen LogP contribution in [0.5, 0.6) is 0 Å². The molecule has 0 bridgehead atoms. The highest BCUT2D eigenvalue weighted by atomic mass is 32.1. The first-order chi connectivity index (χ1) is 11.3. The lowest BCUT2D eigenvalue weighted by Gasteiger charge is -2.05. The van der Waals surface area contributed by atoms with E-state index in [4.69, 9.17) is 0 Å². The highest BCUT2D eigenvalue weighted by molar-refractivity contribution is 7.09. The van der Waals surface area contributed by atoms with Crippen molar-refractivity contribution in [1.29, 1.82) is 0 Å².